The van der Waals surface area contributed by atoms with Crippen molar-refractivity contribution in [2.75, 3.05) is 0 Å². The van der Waals surface area contributed by atoms with Gasteiger partial charge in [0.25, 0.3) is 0 Å². The Labute approximate surface area is 126 Å². The Morgan fingerprint density at radius 3 is 2.65 bits per heavy atom. The lowest BCUT2D eigenvalue weighted by molar-refractivity contribution is 0.692. The molecule has 2 aromatic rings. The lowest BCUT2D eigenvalue weighted by Crippen LogP contribution is -2.21. The van der Waals surface area contributed by atoms with Gasteiger partial charge in [0.15, 0.2) is 11.3 Å². The Kier molecular flexibility index (Phi) is 2.59. The van der Waals surface area contributed by atoms with Crippen LogP contribution in [0.2, 0.25) is 5.02 Å². The van der Waals surface area contributed by atoms with E-state index in [4.69, 9.17) is 23.2 Å². The highest BCUT2D eigenvalue weighted by Crippen LogP contribution is 2.53. The summed E-state index contributed by atoms with van der Waals surface area (Å²) in [6.07, 6.45) is 5.90. The molecule has 102 valence electrons. The van der Waals surface area contributed by atoms with Gasteiger partial charge >= 0.3 is 0 Å². The third-order valence-corrected chi connectivity index (χ3v) is 4.56. The van der Waals surface area contributed by atoms with E-state index >= 15 is 0 Å². The Hall–Kier alpha value is -1.52. The van der Waals surface area contributed by atoms with E-state index in [0.29, 0.717) is 0 Å². The highest BCUT2D eigenvalue weighted by Gasteiger charge is 2.50. The van der Waals surface area contributed by atoms with Crippen molar-refractivity contribution in [3.8, 4) is 0 Å². The van der Waals surface area contributed by atoms with E-state index in [1.807, 2.05) is 29.1 Å². The molecule has 6 heteroatoms. The second-order valence-electron chi connectivity index (χ2n) is 5.19. The first-order valence-corrected chi connectivity index (χ1v) is 7.30. The molecule has 0 amide bonds. The Balaban J connectivity index is 1.82. The van der Waals surface area contributed by atoms with E-state index < -0.39 is 0 Å². The topological polar surface area (TPSA) is 42.7 Å². The van der Waals surface area contributed by atoms with Crippen molar-refractivity contribution >= 4 is 29.4 Å². The first kappa shape index (κ1) is 12.2. The Bertz CT molecular complexity index is 686. The normalized spacial score (nSPS) is 22.2. The van der Waals surface area contributed by atoms with Crippen LogP contribution >= 0.6 is 23.2 Å². The molecule has 0 radical (unpaired) electrons. The van der Waals surface area contributed by atoms with E-state index in [9.17, 15) is 0 Å². The van der Waals surface area contributed by atoms with Gasteiger partial charge in [0.05, 0.1) is 5.41 Å². The van der Waals surface area contributed by atoms with Crippen LogP contribution < -0.4 is 5.32 Å². The molecule has 0 spiro atoms. The lowest BCUT2D eigenvalue weighted by Gasteiger charge is -2.19. The summed E-state index contributed by atoms with van der Waals surface area (Å²) in [5.41, 5.74) is 0.853. The third kappa shape index (κ3) is 1.68. The van der Waals surface area contributed by atoms with Crippen LogP contribution in [0.4, 0.5) is 0 Å². The minimum Gasteiger partial charge on any atom is -0.368 e. The predicted molar refractivity (Wildman–Crippen MR) is 78.5 cm³/mol. The number of fused-ring (bicyclic) bond motifs is 1. The zero-order chi connectivity index (χ0) is 13.7. The fourth-order valence-electron chi connectivity index (χ4n) is 2.76. The number of nitrogens with zero attached hydrogens (tertiary/aromatic N) is 3. The van der Waals surface area contributed by atoms with Crippen molar-refractivity contribution in [1.29, 1.82) is 0 Å². The van der Waals surface area contributed by atoms with Crippen molar-refractivity contribution in [3.05, 3.63) is 52.7 Å². The Morgan fingerprint density at radius 1 is 1.20 bits per heavy atom. The van der Waals surface area contributed by atoms with Gasteiger partial charge in [0, 0.05) is 17.4 Å². The average molecular weight is 307 g/mol. The largest absolute Gasteiger partial charge is 0.368 e. The highest BCUT2D eigenvalue weighted by molar-refractivity contribution is 6.30. The summed E-state index contributed by atoms with van der Waals surface area (Å²) in [5, 5.41) is 12.4. The third-order valence-electron chi connectivity index (χ3n) is 3.99. The van der Waals surface area contributed by atoms with Gasteiger partial charge in [-0.25, -0.2) is 0 Å². The number of hydrogen-bond donors (Lipinski definition) is 1. The maximum absolute atomic E-state index is 6.19. The fourth-order valence-corrected chi connectivity index (χ4v) is 3.11. The molecule has 0 bridgehead atoms. The van der Waals surface area contributed by atoms with E-state index in [2.05, 4.69) is 27.6 Å². The molecule has 20 heavy (non-hydrogen) atoms. The minimum absolute atomic E-state index is 0.0475. The number of alkyl halides is 1. The molecule has 1 aromatic carbocycles. The molecule has 1 saturated carbocycles. The maximum atomic E-state index is 6.19. The molecular weight excluding hydrogens is 295 g/mol. The second kappa shape index (κ2) is 4.24. The van der Waals surface area contributed by atoms with Gasteiger partial charge in [-0.3, -0.25) is 4.57 Å². The van der Waals surface area contributed by atoms with Crippen LogP contribution in [0.3, 0.4) is 0 Å². The molecule has 2 aliphatic rings. The minimum atomic E-state index is -0.331. The summed E-state index contributed by atoms with van der Waals surface area (Å²) >= 11 is 12.2. The average Bonchev–Trinajstić information content (AvgIpc) is 3.13. The van der Waals surface area contributed by atoms with Crippen LogP contribution in [0.15, 0.2) is 30.5 Å². The summed E-state index contributed by atoms with van der Waals surface area (Å²) in [6.45, 7) is 0. The monoisotopic (exact) mass is 306 g/mol. The molecule has 1 aliphatic carbocycles. The summed E-state index contributed by atoms with van der Waals surface area (Å²) in [7, 11) is 0. The molecule has 4 nitrogen and oxygen atoms in total. The van der Waals surface area contributed by atoms with Gasteiger partial charge in [-0.1, -0.05) is 35.3 Å². The standard InChI is InChI=1S/C14H12Cl2N4/c15-10-3-1-9(2-4-10)14(5-6-14)13-19-18-12-11(16)17-7-8-20(12)13/h1-4,7-8,11,17H,5-6H2. The molecule has 1 aromatic heterocycles. The number of halogens is 2. The lowest BCUT2D eigenvalue weighted by atomic mass is 9.95. The van der Waals surface area contributed by atoms with Gasteiger partial charge in [-0.2, -0.15) is 0 Å². The van der Waals surface area contributed by atoms with E-state index in [-0.39, 0.29) is 10.9 Å². The van der Waals surface area contributed by atoms with E-state index in [1.54, 1.807) is 0 Å². The summed E-state index contributed by atoms with van der Waals surface area (Å²) in [5.74, 6) is 1.70. The van der Waals surface area contributed by atoms with Crippen LogP contribution in [0, 0.1) is 0 Å². The number of hydrogen-bond acceptors (Lipinski definition) is 3. The summed E-state index contributed by atoms with van der Waals surface area (Å²) in [4.78, 5) is 0. The van der Waals surface area contributed by atoms with Crippen molar-refractivity contribution in [3.63, 3.8) is 0 Å². The first-order chi connectivity index (χ1) is 9.71. The SMILES string of the molecule is Clc1ccc(C2(c3nnc4n3C=CNC4Cl)CC2)cc1. The van der Waals surface area contributed by atoms with Gasteiger partial charge in [-0.15, -0.1) is 10.2 Å². The fraction of sp³-hybridized carbons (Fsp3) is 0.286. The van der Waals surface area contributed by atoms with Crippen molar-refractivity contribution in [1.82, 2.24) is 20.1 Å². The first-order valence-electron chi connectivity index (χ1n) is 6.49. The number of rotatable bonds is 2. The van der Waals surface area contributed by atoms with Crippen LogP contribution in [-0.2, 0) is 5.41 Å². The van der Waals surface area contributed by atoms with E-state index in [1.165, 1.54) is 5.56 Å². The zero-order valence-electron chi connectivity index (χ0n) is 10.6. The highest BCUT2D eigenvalue weighted by atomic mass is 35.5. The van der Waals surface area contributed by atoms with Gasteiger partial charge < -0.3 is 5.32 Å². The van der Waals surface area contributed by atoms with Crippen LogP contribution in [0.5, 0.6) is 0 Å². The quantitative estimate of drug-likeness (QED) is 0.684. The van der Waals surface area contributed by atoms with Gasteiger partial charge in [0.2, 0.25) is 0 Å². The van der Waals surface area contributed by atoms with Crippen molar-refractivity contribution in [2.45, 2.75) is 23.8 Å². The Morgan fingerprint density at radius 2 is 1.95 bits per heavy atom. The molecule has 1 atom stereocenters. The van der Waals surface area contributed by atoms with E-state index in [0.717, 1.165) is 29.5 Å². The second-order valence-corrected chi connectivity index (χ2v) is 6.06. The molecular formula is C14H12Cl2N4. The molecule has 1 aliphatic heterocycles. The van der Waals surface area contributed by atoms with Crippen LogP contribution in [-0.4, -0.2) is 14.8 Å². The molecule has 1 N–H and O–H groups in total. The number of benzene rings is 1. The smallest absolute Gasteiger partial charge is 0.175 e. The molecule has 0 saturated heterocycles. The zero-order valence-corrected chi connectivity index (χ0v) is 12.1. The van der Waals surface area contributed by atoms with Gasteiger partial charge in [-0.05, 0) is 30.5 Å². The number of nitrogens with one attached hydrogen (secondary N) is 1. The van der Waals surface area contributed by atoms with Crippen molar-refractivity contribution in [2.24, 2.45) is 0 Å². The molecule has 1 unspecified atom stereocenters. The maximum Gasteiger partial charge on any atom is 0.175 e. The van der Waals surface area contributed by atoms with Crippen LogP contribution in [0.25, 0.3) is 6.20 Å². The van der Waals surface area contributed by atoms with Crippen molar-refractivity contribution < 1.29 is 0 Å². The summed E-state index contributed by atoms with van der Waals surface area (Å²) < 4.78 is 2.00. The van der Waals surface area contributed by atoms with Gasteiger partial charge in [0.1, 0.15) is 5.82 Å². The molecule has 1 fully saturated rings. The van der Waals surface area contributed by atoms with Crippen LogP contribution in [0.1, 0.15) is 35.6 Å². The summed E-state index contributed by atoms with van der Waals surface area (Å²) in [6, 6.07) is 7.98. The molecule has 2 heterocycles. The molecule has 4 rings (SSSR count). The number of aromatic nitrogens is 3. The predicted octanol–water partition coefficient (Wildman–Crippen LogP) is 3.28.